The number of rotatable bonds is 4. The van der Waals surface area contributed by atoms with Crippen LogP contribution in [0.1, 0.15) is 11.1 Å². The minimum Gasteiger partial charge on any atom is -0.309 e. The van der Waals surface area contributed by atoms with Crippen molar-refractivity contribution < 1.29 is 8.78 Å². The Bertz CT molecular complexity index is 423. The first kappa shape index (κ1) is 14.6. The number of hydrogen-bond donors (Lipinski definition) is 1. The lowest BCUT2D eigenvalue weighted by molar-refractivity contribution is 0.623. The summed E-state index contributed by atoms with van der Waals surface area (Å²) >= 11 is 0. The number of benzene rings is 2. The molecule has 0 saturated heterocycles. The highest BCUT2D eigenvalue weighted by Crippen LogP contribution is 2.04. The van der Waals surface area contributed by atoms with Gasteiger partial charge in [0.1, 0.15) is 11.6 Å². The second-order valence-corrected chi connectivity index (χ2v) is 3.86. The third kappa shape index (κ3) is 4.43. The first-order valence-corrected chi connectivity index (χ1v) is 5.43. The van der Waals surface area contributed by atoms with Crippen molar-refractivity contribution in [3.8, 4) is 0 Å². The van der Waals surface area contributed by atoms with Gasteiger partial charge < -0.3 is 5.32 Å². The molecule has 0 radical (unpaired) electrons. The largest absolute Gasteiger partial charge is 0.309 e. The lowest BCUT2D eigenvalue weighted by Crippen LogP contribution is -2.12. The highest BCUT2D eigenvalue weighted by Gasteiger charge is 1.95. The van der Waals surface area contributed by atoms with Crippen LogP contribution in [-0.4, -0.2) is 0 Å². The summed E-state index contributed by atoms with van der Waals surface area (Å²) in [6.45, 7) is 1.33. The Kier molecular flexibility index (Phi) is 5.75. The van der Waals surface area contributed by atoms with Crippen molar-refractivity contribution in [3.63, 3.8) is 0 Å². The molecule has 2 aromatic rings. The molecule has 1 N–H and O–H groups in total. The van der Waals surface area contributed by atoms with Crippen molar-refractivity contribution in [2.45, 2.75) is 13.1 Å². The van der Waals surface area contributed by atoms with E-state index in [0.29, 0.717) is 13.1 Å². The van der Waals surface area contributed by atoms with Crippen LogP contribution in [0.5, 0.6) is 0 Å². The van der Waals surface area contributed by atoms with E-state index in [2.05, 4.69) is 5.32 Å². The summed E-state index contributed by atoms with van der Waals surface area (Å²) in [5.74, 6) is -0.459. The van der Waals surface area contributed by atoms with Crippen LogP contribution in [0.15, 0.2) is 48.5 Å². The highest BCUT2D eigenvalue weighted by atomic mass is 35.5. The zero-order valence-electron chi connectivity index (χ0n) is 9.70. The van der Waals surface area contributed by atoms with Crippen LogP contribution in [0.2, 0.25) is 0 Å². The normalized spacial score (nSPS) is 9.89. The zero-order chi connectivity index (χ0) is 12.1. The van der Waals surface area contributed by atoms with Gasteiger partial charge in [-0.05, 0) is 35.4 Å². The van der Waals surface area contributed by atoms with Gasteiger partial charge in [0, 0.05) is 13.1 Å². The van der Waals surface area contributed by atoms with Crippen LogP contribution < -0.4 is 5.32 Å². The molecule has 0 unspecified atom stereocenters. The lowest BCUT2D eigenvalue weighted by atomic mass is 10.2. The molecule has 0 aliphatic rings. The van der Waals surface area contributed by atoms with E-state index in [1.165, 1.54) is 24.3 Å². The molecule has 0 heterocycles. The van der Waals surface area contributed by atoms with E-state index in [1.807, 2.05) is 0 Å². The van der Waals surface area contributed by atoms with Gasteiger partial charge in [0.25, 0.3) is 0 Å². The van der Waals surface area contributed by atoms with Gasteiger partial charge in [0.15, 0.2) is 0 Å². The third-order valence-electron chi connectivity index (χ3n) is 2.48. The third-order valence-corrected chi connectivity index (χ3v) is 2.48. The van der Waals surface area contributed by atoms with E-state index < -0.39 is 0 Å². The molecule has 0 saturated carbocycles. The number of hydrogen-bond acceptors (Lipinski definition) is 1. The van der Waals surface area contributed by atoms with E-state index in [-0.39, 0.29) is 24.0 Å². The maximum absolute atomic E-state index is 12.7. The van der Waals surface area contributed by atoms with Gasteiger partial charge in [-0.2, -0.15) is 0 Å². The van der Waals surface area contributed by atoms with Crippen molar-refractivity contribution in [2.24, 2.45) is 0 Å². The van der Waals surface area contributed by atoms with Crippen LogP contribution in [-0.2, 0) is 13.1 Å². The minimum atomic E-state index is -0.229. The van der Waals surface area contributed by atoms with E-state index in [0.717, 1.165) is 11.1 Å². The van der Waals surface area contributed by atoms with Gasteiger partial charge in [0.2, 0.25) is 0 Å². The smallest absolute Gasteiger partial charge is 0.123 e. The summed E-state index contributed by atoms with van der Waals surface area (Å²) in [7, 11) is 0. The molecule has 0 amide bonds. The van der Waals surface area contributed by atoms with Gasteiger partial charge in [-0.25, -0.2) is 8.78 Å². The predicted molar refractivity (Wildman–Crippen MR) is 70.6 cm³/mol. The standard InChI is InChI=1S/C14H13F2N.ClH/c15-13-5-1-11(2-6-13)9-17-10-12-3-7-14(16)8-4-12;/h1-8,17H,9-10H2;1H. The van der Waals surface area contributed by atoms with Crippen molar-refractivity contribution in [1.82, 2.24) is 5.32 Å². The second-order valence-electron chi connectivity index (χ2n) is 3.86. The molecule has 2 aromatic carbocycles. The van der Waals surface area contributed by atoms with Gasteiger partial charge in [-0.1, -0.05) is 24.3 Å². The van der Waals surface area contributed by atoms with Crippen LogP contribution >= 0.6 is 12.4 Å². The molecule has 0 fully saturated rings. The Hall–Kier alpha value is -1.45. The zero-order valence-corrected chi connectivity index (χ0v) is 10.5. The maximum atomic E-state index is 12.7. The minimum absolute atomic E-state index is 0. The fourth-order valence-electron chi connectivity index (χ4n) is 1.56. The monoisotopic (exact) mass is 269 g/mol. The Labute approximate surface area is 111 Å². The molecule has 0 spiro atoms. The Morgan fingerprint density at radius 2 is 1.00 bits per heavy atom. The Morgan fingerprint density at radius 1 is 0.667 bits per heavy atom. The van der Waals surface area contributed by atoms with Gasteiger partial charge in [-0.3, -0.25) is 0 Å². The Morgan fingerprint density at radius 3 is 1.33 bits per heavy atom. The van der Waals surface area contributed by atoms with Gasteiger partial charge in [-0.15, -0.1) is 12.4 Å². The first-order valence-electron chi connectivity index (χ1n) is 5.43. The maximum Gasteiger partial charge on any atom is 0.123 e. The molecule has 2 rings (SSSR count). The summed E-state index contributed by atoms with van der Waals surface area (Å²) in [6.07, 6.45) is 0. The van der Waals surface area contributed by atoms with E-state index >= 15 is 0 Å². The fourth-order valence-corrected chi connectivity index (χ4v) is 1.56. The molecule has 1 nitrogen and oxygen atoms in total. The second kappa shape index (κ2) is 7.09. The van der Waals surface area contributed by atoms with Crippen molar-refractivity contribution in [1.29, 1.82) is 0 Å². The number of nitrogens with one attached hydrogen (secondary N) is 1. The van der Waals surface area contributed by atoms with Crippen LogP contribution in [0.3, 0.4) is 0 Å². The Balaban J connectivity index is 0.00000162. The summed E-state index contributed by atoms with van der Waals surface area (Å²) in [6, 6.07) is 12.7. The van der Waals surface area contributed by atoms with Crippen molar-refractivity contribution in [3.05, 3.63) is 71.3 Å². The molecular weight excluding hydrogens is 256 g/mol. The van der Waals surface area contributed by atoms with Gasteiger partial charge in [0.05, 0.1) is 0 Å². The van der Waals surface area contributed by atoms with E-state index in [1.54, 1.807) is 24.3 Å². The van der Waals surface area contributed by atoms with Crippen molar-refractivity contribution in [2.75, 3.05) is 0 Å². The summed E-state index contributed by atoms with van der Waals surface area (Å²) in [5, 5.41) is 3.21. The lowest BCUT2D eigenvalue weighted by Gasteiger charge is -2.05. The predicted octanol–water partition coefficient (Wildman–Crippen LogP) is 3.68. The molecule has 0 aromatic heterocycles. The first-order chi connectivity index (χ1) is 8.24. The molecule has 0 aliphatic carbocycles. The molecule has 0 atom stereocenters. The highest BCUT2D eigenvalue weighted by molar-refractivity contribution is 5.85. The molecular formula is C14H14ClF2N. The fraction of sp³-hybridized carbons (Fsp3) is 0.143. The SMILES string of the molecule is Cl.Fc1ccc(CNCc2ccc(F)cc2)cc1. The summed E-state index contributed by atoms with van der Waals surface area (Å²) in [5.41, 5.74) is 2.04. The topological polar surface area (TPSA) is 12.0 Å². The van der Waals surface area contributed by atoms with E-state index in [4.69, 9.17) is 0 Å². The molecule has 0 bridgehead atoms. The molecule has 0 aliphatic heterocycles. The average Bonchev–Trinajstić information content (AvgIpc) is 2.34. The van der Waals surface area contributed by atoms with Crippen LogP contribution in [0.25, 0.3) is 0 Å². The summed E-state index contributed by atoms with van der Waals surface area (Å²) < 4.78 is 25.3. The summed E-state index contributed by atoms with van der Waals surface area (Å²) in [4.78, 5) is 0. The van der Waals surface area contributed by atoms with Crippen molar-refractivity contribution >= 4 is 12.4 Å². The van der Waals surface area contributed by atoms with Gasteiger partial charge >= 0.3 is 0 Å². The van der Waals surface area contributed by atoms with E-state index in [9.17, 15) is 8.78 Å². The quantitative estimate of drug-likeness (QED) is 0.893. The molecule has 18 heavy (non-hydrogen) atoms. The number of halogens is 3. The van der Waals surface area contributed by atoms with Crippen LogP contribution in [0.4, 0.5) is 8.78 Å². The molecule has 4 heteroatoms. The van der Waals surface area contributed by atoms with Crippen LogP contribution in [0, 0.1) is 11.6 Å². The molecule has 96 valence electrons. The average molecular weight is 270 g/mol.